The maximum atomic E-state index is 11.9. The summed E-state index contributed by atoms with van der Waals surface area (Å²) in [6, 6.07) is -1.82. The first-order valence-electron chi connectivity index (χ1n) is 6.16. The van der Waals surface area contributed by atoms with Gasteiger partial charge in [-0.1, -0.05) is 42.4 Å². The lowest BCUT2D eigenvalue weighted by molar-refractivity contribution is -0.141. The Labute approximate surface area is 134 Å². The molecule has 0 aromatic rings. The Bertz CT molecular complexity index is 351. The van der Waals surface area contributed by atoms with Gasteiger partial charge in [0.2, 0.25) is 5.91 Å². The largest absolute Gasteiger partial charge is 0.480 e. The monoisotopic (exact) mass is 340 g/mol. The number of hydrogen-bond donors (Lipinski definition) is 4. The number of carboxylic acids is 1. The van der Waals surface area contributed by atoms with Crippen molar-refractivity contribution in [1.29, 1.82) is 0 Å². The van der Waals surface area contributed by atoms with Gasteiger partial charge < -0.3 is 16.2 Å². The molecule has 0 aliphatic carbocycles. The van der Waals surface area contributed by atoms with Gasteiger partial charge in [-0.15, -0.1) is 0 Å². The number of rotatable bonds is 7. The summed E-state index contributed by atoms with van der Waals surface area (Å²) in [7, 11) is 3.00. The Morgan fingerprint density at radius 3 is 2.15 bits per heavy atom. The van der Waals surface area contributed by atoms with Crippen LogP contribution in [0.3, 0.4) is 0 Å². The number of carbonyl (C=O) groups is 2. The predicted molar refractivity (Wildman–Crippen MR) is 90.4 cm³/mol. The van der Waals surface area contributed by atoms with Crippen LogP contribution in [0, 0.1) is 0 Å². The number of aliphatic carboxylic acids is 1. The van der Waals surface area contributed by atoms with Crippen molar-refractivity contribution < 1.29 is 14.7 Å². The van der Waals surface area contributed by atoms with Crippen molar-refractivity contribution >= 4 is 46.1 Å². The maximum Gasteiger partial charge on any atom is 0.327 e. The van der Waals surface area contributed by atoms with Crippen LogP contribution in [-0.4, -0.2) is 44.3 Å². The molecule has 0 saturated heterocycles. The van der Waals surface area contributed by atoms with E-state index in [0.717, 1.165) is 0 Å². The van der Waals surface area contributed by atoms with Crippen molar-refractivity contribution in [3.63, 3.8) is 0 Å². The van der Waals surface area contributed by atoms with Gasteiger partial charge in [-0.2, -0.15) is 12.6 Å². The van der Waals surface area contributed by atoms with Crippen LogP contribution in [0.2, 0.25) is 0 Å². The van der Waals surface area contributed by atoms with E-state index in [-0.39, 0.29) is 10.5 Å². The maximum absolute atomic E-state index is 11.9. The Kier molecular flexibility index (Phi) is 7.80. The third kappa shape index (κ3) is 8.28. The molecular formula is C12H24N2O3S3. The summed E-state index contributed by atoms with van der Waals surface area (Å²) in [6.45, 7) is 9.54. The van der Waals surface area contributed by atoms with Crippen molar-refractivity contribution in [3.8, 4) is 0 Å². The first-order valence-corrected chi connectivity index (χ1v) is 8.93. The van der Waals surface area contributed by atoms with E-state index in [2.05, 4.69) is 17.9 Å². The molecule has 0 aromatic carbocycles. The van der Waals surface area contributed by atoms with Crippen LogP contribution in [0.5, 0.6) is 0 Å². The highest BCUT2D eigenvalue weighted by molar-refractivity contribution is 8.77. The van der Waals surface area contributed by atoms with Crippen LogP contribution in [0.1, 0.15) is 34.6 Å². The average Bonchev–Trinajstić information content (AvgIpc) is 2.23. The van der Waals surface area contributed by atoms with Gasteiger partial charge in [0.1, 0.15) is 6.04 Å². The number of amides is 1. The fourth-order valence-corrected chi connectivity index (χ4v) is 3.61. The van der Waals surface area contributed by atoms with Gasteiger partial charge >= 0.3 is 5.97 Å². The molecule has 0 heterocycles. The van der Waals surface area contributed by atoms with Gasteiger partial charge in [0.05, 0.1) is 6.04 Å². The van der Waals surface area contributed by atoms with Gasteiger partial charge in [-0.05, 0) is 13.8 Å². The molecule has 20 heavy (non-hydrogen) atoms. The third-order valence-electron chi connectivity index (χ3n) is 2.20. The molecule has 8 heteroatoms. The highest BCUT2D eigenvalue weighted by Crippen LogP contribution is 2.35. The predicted octanol–water partition coefficient (Wildman–Crippen LogP) is 1.77. The topological polar surface area (TPSA) is 92.4 Å². The second-order valence-electron chi connectivity index (χ2n) is 6.01. The van der Waals surface area contributed by atoms with E-state index in [1.807, 2.05) is 20.8 Å². The number of carboxylic acid groups (broad SMARTS) is 1. The number of carbonyl (C=O) groups excluding carboxylic acids is 1. The lowest BCUT2D eigenvalue weighted by Crippen LogP contribution is -2.55. The van der Waals surface area contributed by atoms with Gasteiger partial charge in [-0.25, -0.2) is 4.79 Å². The number of thiol groups is 1. The highest BCUT2D eigenvalue weighted by Gasteiger charge is 2.31. The van der Waals surface area contributed by atoms with E-state index < -0.39 is 28.7 Å². The van der Waals surface area contributed by atoms with Crippen LogP contribution in [0.4, 0.5) is 0 Å². The lowest BCUT2D eigenvalue weighted by Gasteiger charge is -2.26. The molecular weight excluding hydrogens is 316 g/mol. The summed E-state index contributed by atoms with van der Waals surface area (Å²) in [5.74, 6) is -1.29. The molecule has 0 spiro atoms. The molecule has 5 nitrogen and oxygen atoms in total. The van der Waals surface area contributed by atoms with Gasteiger partial charge in [-0.3, -0.25) is 4.79 Å². The Hall–Kier alpha value is -0.0500. The molecule has 0 fully saturated rings. The molecule has 0 aliphatic rings. The van der Waals surface area contributed by atoms with E-state index in [1.54, 1.807) is 24.6 Å². The van der Waals surface area contributed by atoms with Crippen molar-refractivity contribution in [2.24, 2.45) is 5.73 Å². The van der Waals surface area contributed by atoms with E-state index in [4.69, 9.17) is 10.8 Å². The molecule has 0 rings (SSSR count). The summed E-state index contributed by atoms with van der Waals surface area (Å²) in [4.78, 5) is 23.1. The molecule has 0 radical (unpaired) electrons. The number of nitrogens with two attached hydrogens (primary N) is 1. The summed E-state index contributed by atoms with van der Waals surface area (Å²) in [6.07, 6.45) is 0. The van der Waals surface area contributed by atoms with E-state index >= 15 is 0 Å². The molecule has 0 bridgehead atoms. The van der Waals surface area contributed by atoms with E-state index in [9.17, 15) is 9.59 Å². The standard InChI is InChI=1S/C12H24N2O3S3/c1-11(2,3)20-19-6-7(10(16)17)14-9(15)8(13)12(4,5)18/h7-8,18H,6,13H2,1-5H3,(H,14,15)(H,16,17)/t7-,8+/m0/s1. The zero-order valence-electron chi connectivity index (χ0n) is 12.5. The molecule has 0 aromatic heterocycles. The molecule has 4 N–H and O–H groups in total. The van der Waals surface area contributed by atoms with Gasteiger partial charge in [0.25, 0.3) is 0 Å². The van der Waals surface area contributed by atoms with Crippen LogP contribution < -0.4 is 11.1 Å². The molecule has 118 valence electrons. The second kappa shape index (κ2) is 7.82. The fraction of sp³-hybridized carbons (Fsp3) is 0.833. The lowest BCUT2D eigenvalue weighted by atomic mass is 10.0. The van der Waals surface area contributed by atoms with Crippen molar-refractivity contribution in [1.82, 2.24) is 5.32 Å². The summed E-state index contributed by atoms with van der Waals surface area (Å²) >= 11 is 4.23. The molecule has 0 aliphatic heterocycles. The van der Waals surface area contributed by atoms with Gasteiger partial charge in [0, 0.05) is 15.2 Å². The Balaban J connectivity index is 4.49. The Morgan fingerprint density at radius 1 is 1.30 bits per heavy atom. The van der Waals surface area contributed by atoms with Gasteiger partial charge in [0.15, 0.2) is 0 Å². The third-order valence-corrected chi connectivity index (χ3v) is 5.83. The molecule has 1 amide bonds. The van der Waals surface area contributed by atoms with E-state index in [0.29, 0.717) is 0 Å². The molecule has 0 unspecified atom stereocenters. The van der Waals surface area contributed by atoms with E-state index in [1.165, 1.54) is 10.8 Å². The van der Waals surface area contributed by atoms with Crippen molar-refractivity contribution in [3.05, 3.63) is 0 Å². The summed E-state index contributed by atoms with van der Waals surface area (Å²) < 4.78 is -0.679. The zero-order chi connectivity index (χ0) is 16.1. The highest BCUT2D eigenvalue weighted by atomic mass is 33.1. The second-order valence-corrected chi connectivity index (χ2v) is 10.3. The number of hydrogen-bond acceptors (Lipinski definition) is 6. The van der Waals surface area contributed by atoms with Crippen LogP contribution in [0.25, 0.3) is 0 Å². The Morgan fingerprint density at radius 2 is 1.80 bits per heavy atom. The van der Waals surface area contributed by atoms with Crippen LogP contribution >= 0.6 is 34.2 Å². The first-order chi connectivity index (χ1) is 8.84. The molecule has 2 atom stereocenters. The normalized spacial score (nSPS) is 15.6. The first kappa shape index (κ1) is 19.9. The smallest absolute Gasteiger partial charge is 0.327 e. The van der Waals surface area contributed by atoms with Crippen molar-refractivity contribution in [2.75, 3.05) is 5.75 Å². The average molecular weight is 341 g/mol. The summed E-state index contributed by atoms with van der Waals surface area (Å²) in [5.41, 5.74) is 5.75. The quantitative estimate of drug-likeness (QED) is 0.417. The summed E-state index contributed by atoms with van der Waals surface area (Å²) in [5, 5.41) is 11.6. The fourth-order valence-electron chi connectivity index (χ4n) is 1.04. The van der Waals surface area contributed by atoms with Crippen LogP contribution in [0.15, 0.2) is 0 Å². The molecule has 0 saturated carbocycles. The van der Waals surface area contributed by atoms with Crippen LogP contribution in [-0.2, 0) is 9.59 Å². The SMILES string of the molecule is CC(C)(C)SSC[C@H](NC(=O)[C@@H](N)C(C)(C)S)C(=O)O. The minimum atomic E-state index is -1.07. The van der Waals surface area contributed by atoms with Crippen molar-refractivity contribution in [2.45, 2.75) is 56.2 Å². The minimum absolute atomic E-state index is 0.0290. The zero-order valence-corrected chi connectivity index (χ0v) is 15.0. The minimum Gasteiger partial charge on any atom is -0.480 e. The number of nitrogens with one attached hydrogen (secondary N) is 1.